The predicted molar refractivity (Wildman–Crippen MR) is 83.4 cm³/mol. The van der Waals surface area contributed by atoms with E-state index in [9.17, 15) is 8.42 Å². The second kappa shape index (κ2) is 7.58. The third-order valence-corrected chi connectivity index (χ3v) is 5.69. The van der Waals surface area contributed by atoms with Crippen molar-refractivity contribution in [1.82, 2.24) is 8.61 Å². The van der Waals surface area contributed by atoms with Crippen molar-refractivity contribution in [2.45, 2.75) is 25.4 Å². The summed E-state index contributed by atoms with van der Waals surface area (Å²) in [5.41, 5.74) is 0. The molecule has 0 aliphatic carbocycles. The largest absolute Gasteiger partial charge is 0.490 e. The molecule has 0 radical (unpaired) electrons. The maximum Gasteiger partial charge on any atom is 0.281 e. The van der Waals surface area contributed by atoms with E-state index in [-0.39, 0.29) is 19.1 Å². The van der Waals surface area contributed by atoms with Crippen LogP contribution in [-0.2, 0) is 10.2 Å². The molecular formula is C15H21N3O3S. The van der Waals surface area contributed by atoms with E-state index in [0.717, 1.165) is 5.75 Å². The second-order valence-electron chi connectivity index (χ2n) is 5.27. The Balaban J connectivity index is 1.87. The molecule has 1 aliphatic heterocycles. The predicted octanol–water partition coefficient (Wildman–Crippen LogP) is 1.62. The number of benzene rings is 1. The standard InChI is InChI=1S/C15H21N3O3S/c1-17(11-5-10-16)22(19,20)18-12-8-15(9-13-18)21-14-6-3-2-4-7-14/h2-4,6-7,15H,5,8-9,11-13H2,1H3. The van der Waals surface area contributed by atoms with Gasteiger partial charge in [-0.1, -0.05) is 18.2 Å². The van der Waals surface area contributed by atoms with E-state index in [2.05, 4.69) is 0 Å². The Kier molecular flexibility index (Phi) is 5.77. The lowest BCUT2D eigenvalue weighted by molar-refractivity contribution is 0.132. The SMILES string of the molecule is CN(CCC#N)S(=O)(=O)N1CCC(Oc2ccccc2)CC1. The summed E-state index contributed by atoms with van der Waals surface area (Å²) in [5.74, 6) is 0.815. The van der Waals surface area contributed by atoms with E-state index in [1.54, 1.807) is 0 Å². The Bertz CT molecular complexity index is 605. The van der Waals surface area contributed by atoms with Crippen molar-refractivity contribution < 1.29 is 13.2 Å². The van der Waals surface area contributed by atoms with Crippen LogP contribution >= 0.6 is 0 Å². The highest BCUT2D eigenvalue weighted by molar-refractivity contribution is 7.86. The summed E-state index contributed by atoms with van der Waals surface area (Å²) in [6, 6.07) is 11.5. The number of piperidine rings is 1. The van der Waals surface area contributed by atoms with Crippen molar-refractivity contribution in [3.63, 3.8) is 0 Å². The Morgan fingerprint density at radius 2 is 1.95 bits per heavy atom. The van der Waals surface area contributed by atoms with Crippen LogP contribution in [0.2, 0.25) is 0 Å². The topological polar surface area (TPSA) is 73.6 Å². The van der Waals surface area contributed by atoms with Crippen molar-refractivity contribution in [2.75, 3.05) is 26.7 Å². The summed E-state index contributed by atoms with van der Waals surface area (Å²) in [6.07, 6.45) is 1.57. The second-order valence-corrected chi connectivity index (χ2v) is 7.30. The van der Waals surface area contributed by atoms with Crippen LogP contribution in [0.15, 0.2) is 30.3 Å². The van der Waals surface area contributed by atoms with Crippen LogP contribution in [0, 0.1) is 11.3 Å². The molecule has 0 amide bonds. The van der Waals surface area contributed by atoms with Crippen LogP contribution in [0.5, 0.6) is 5.75 Å². The number of ether oxygens (including phenoxy) is 1. The van der Waals surface area contributed by atoms with Crippen LogP contribution < -0.4 is 4.74 Å². The van der Waals surface area contributed by atoms with Gasteiger partial charge in [0.05, 0.1) is 6.07 Å². The number of hydrogen-bond donors (Lipinski definition) is 0. The first-order chi connectivity index (χ1) is 10.5. The number of para-hydroxylation sites is 1. The minimum atomic E-state index is -3.47. The third kappa shape index (κ3) is 4.19. The lowest BCUT2D eigenvalue weighted by Crippen LogP contribution is -2.47. The van der Waals surface area contributed by atoms with Gasteiger partial charge in [-0.05, 0) is 25.0 Å². The molecule has 0 atom stereocenters. The Morgan fingerprint density at radius 3 is 2.55 bits per heavy atom. The van der Waals surface area contributed by atoms with Gasteiger partial charge in [0.15, 0.2) is 0 Å². The van der Waals surface area contributed by atoms with E-state index in [0.29, 0.717) is 25.9 Å². The van der Waals surface area contributed by atoms with Gasteiger partial charge in [-0.25, -0.2) is 0 Å². The highest BCUT2D eigenvalue weighted by Gasteiger charge is 2.31. The summed E-state index contributed by atoms with van der Waals surface area (Å²) in [6.45, 7) is 1.10. The van der Waals surface area contributed by atoms with Gasteiger partial charge in [0, 0.05) is 33.1 Å². The number of nitrogens with zero attached hydrogens (tertiary/aromatic N) is 3. The molecule has 0 aromatic heterocycles. The monoisotopic (exact) mass is 323 g/mol. The fourth-order valence-electron chi connectivity index (χ4n) is 2.39. The summed E-state index contributed by atoms with van der Waals surface area (Å²) in [4.78, 5) is 0. The molecule has 0 unspecified atom stereocenters. The molecule has 1 saturated heterocycles. The molecule has 1 fully saturated rings. The fourth-order valence-corrected chi connectivity index (χ4v) is 3.78. The van der Waals surface area contributed by atoms with E-state index in [4.69, 9.17) is 10.00 Å². The Hall–Kier alpha value is -1.62. The van der Waals surface area contributed by atoms with Gasteiger partial charge in [-0.2, -0.15) is 22.3 Å². The van der Waals surface area contributed by atoms with E-state index < -0.39 is 10.2 Å². The first-order valence-electron chi connectivity index (χ1n) is 7.34. The minimum absolute atomic E-state index is 0.0401. The van der Waals surface area contributed by atoms with Crippen LogP contribution in [0.1, 0.15) is 19.3 Å². The molecule has 0 spiro atoms. The van der Waals surface area contributed by atoms with Gasteiger partial charge >= 0.3 is 0 Å². The zero-order valence-electron chi connectivity index (χ0n) is 12.7. The van der Waals surface area contributed by atoms with Crippen LogP contribution in [0.3, 0.4) is 0 Å². The average molecular weight is 323 g/mol. The molecule has 6 nitrogen and oxygen atoms in total. The van der Waals surface area contributed by atoms with Crippen molar-refractivity contribution >= 4 is 10.2 Å². The van der Waals surface area contributed by atoms with E-state index in [1.807, 2.05) is 36.4 Å². The Morgan fingerprint density at radius 1 is 1.32 bits per heavy atom. The highest BCUT2D eigenvalue weighted by atomic mass is 32.2. The molecule has 120 valence electrons. The summed E-state index contributed by atoms with van der Waals surface area (Å²) in [5, 5.41) is 8.56. The molecule has 1 aromatic rings. The van der Waals surface area contributed by atoms with E-state index >= 15 is 0 Å². The lowest BCUT2D eigenvalue weighted by atomic mass is 10.1. The van der Waals surface area contributed by atoms with Crippen molar-refractivity contribution in [3.05, 3.63) is 30.3 Å². The highest BCUT2D eigenvalue weighted by Crippen LogP contribution is 2.21. The minimum Gasteiger partial charge on any atom is -0.490 e. The molecule has 1 aromatic carbocycles. The molecule has 0 saturated carbocycles. The fraction of sp³-hybridized carbons (Fsp3) is 0.533. The number of rotatable bonds is 6. The third-order valence-electron chi connectivity index (χ3n) is 3.71. The molecule has 0 N–H and O–H groups in total. The first-order valence-corrected chi connectivity index (χ1v) is 8.74. The Labute approximate surface area is 132 Å². The smallest absolute Gasteiger partial charge is 0.281 e. The molecular weight excluding hydrogens is 302 g/mol. The average Bonchev–Trinajstić information content (AvgIpc) is 2.54. The zero-order chi connectivity index (χ0) is 16.0. The maximum atomic E-state index is 12.4. The first kappa shape index (κ1) is 16.7. The van der Waals surface area contributed by atoms with Gasteiger partial charge in [-0.3, -0.25) is 0 Å². The quantitative estimate of drug-likeness (QED) is 0.797. The van der Waals surface area contributed by atoms with E-state index in [1.165, 1.54) is 15.7 Å². The number of nitriles is 1. The van der Waals surface area contributed by atoms with Crippen molar-refractivity contribution in [1.29, 1.82) is 5.26 Å². The zero-order valence-corrected chi connectivity index (χ0v) is 13.5. The summed E-state index contributed by atoms with van der Waals surface area (Å²) >= 11 is 0. The van der Waals surface area contributed by atoms with Crippen LogP contribution in [0.25, 0.3) is 0 Å². The van der Waals surface area contributed by atoms with Gasteiger partial charge < -0.3 is 4.74 Å². The van der Waals surface area contributed by atoms with Crippen LogP contribution in [0.4, 0.5) is 0 Å². The van der Waals surface area contributed by atoms with Crippen molar-refractivity contribution in [3.8, 4) is 11.8 Å². The molecule has 2 rings (SSSR count). The summed E-state index contributed by atoms with van der Waals surface area (Å²) in [7, 11) is -1.96. The lowest BCUT2D eigenvalue weighted by Gasteiger charge is -2.33. The molecule has 0 bridgehead atoms. The summed E-state index contributed by atoms with van der Waals surface area (Å²) < 4.78 is 33.3. The van der Waals surface area contributed by atoms with Gasteiger partial charge in [0.25, 0.3) is 10.2 Å². The molecule has 1 aliphatic rings. The normalized spacial score (nSPS) is 17.3. The van der Waals surface area contributed by atoms with Crippen LogP contribution in [-0.4, -0.2) is 49.8 Å². The molecule has 1 heterocycles. The van der Waals surface area contributed by atoms with Crippen molar-refractivity contribution in [2.24, 2.45) is 0 Å². The van der Waals surface area contributed by atoms with Gasteiger partial charge in [0.2, 0.25) is 0 Å². The number of hydrogen-bond acceptors (Lipinski definition) is 4. The van der Waals surface area contributed by atoms with Gasteiger partial charge in [0.1, 0.15) is 11.9 Å². The van der Waals surface area contributed by atoms with Gasteiger partial charge in [-0.15, -0.1) is 0 Å². The maximum absolute atomic E-state index is 12.4. The molecule has 7 heteroatoms. The molecule has 22 heavy (non-hydrogen) atoms.